The number of nitrogens with one attached hydrogen (secondary N) is 2. The molecule has 1 amide bonds. The van der Waals surface area contributed by atoms with E-state index in [2.05, 4.69) is 35.7 Å². The summed E-state index contributed by atoms with van der Waals surface area (Å²) in [4.78, 5) is 23.7. The second-order valence-electron chi connectivity index (χ2n) is 8.82. The van der Waals surface area contributed by atoms with Crippen molar-refractivity contribution in [3.05, 3.63) is 60.7 Å². The van der Waals surface area contributed by atoms with Crippen molar-refractivity contribution in [1.29, 1.82) is 0 Å². The molecular weight excluding hydrogens is 418 g/mol. The SMILES string of the molecule is O=C(Nc1cc2cc(-c3cnco3)ccc2nn1)c1ccnc(N2CCC3(CC2)CNC3)c1. The van der Waals surface area contributed by atoms with Crippen LogP contribution in [0.4, 0.5) is 11.6 Å². The van der Waals surface area contributed by atoms with Gasteiger partial charge in [0.2, 0.25) is 0 Å². The third kappa shape index (κ3) is 3.80. The van der Waals surface area contributed by atoms with Gasteiger partial charge in [0.05, 0.1) is 11.7 Å². The molecule has 0 atom stereocenters. The average Bonchev–Trinajstić information content (AvgIpc) is 3.38. The highest BCUT2D eigenvalue weighted by Gasteiger charge is 2.39. The zero-order chi connectivity index (χ0) is 22.3. The van der Waals surface area contributed by atoms with Crippen LogP contribution in [-0.2, 0) is 0 Å². The average molecular weight is 441 g/mol. The van der Waals surface area contributed by atoms with E-state index in [1.54, 1.807) is 24.5 Å². The highest BCUT2D eigenvalue weighted by molar-refractivity contribution is 6.04. The fourth-order valence-corrected chi connectivity index (χ4v) is 4.58. The molecule has 0 aliphatic carbocycles. The first kappa shape index (κ1) is 19.8. The quantitative estimate of drug-likeness (QED) is 0.497. The zero-order valence-electron chi connectivity index (χ0n) is 18.0. The summed E-state index contributed by atoms with van der Waals surface area (Å²) >= 11 is 0. The van der Waals surface area contributed by atoms with Crippen molar-refractivity contribution >= 4 is 28.4 Å². The van der Waals surface area contributed by atoms with Crippen LogP contribution >= 0.6 is 0 Å². The molecule has 166 valence electrons. The maximum atomic E-state index is 12.9. The number of nitrogens with zero attached hydrogens (tertiary/aromatic N) is 5. The molecule has 0 radical (unpaired) electrons. The van der Waals surface area contributed by atoms with Crippen LogP contribution in [0.1, 0.15) is 23.2 Å². The number of benzene rings is 1. The lowest BCUT2D eigenvalue weighted by Gasteiger charge is -2.48. The number of fused-ring (bicyclic) bond motifs is 1. The highest BCUT2D eigenvalue weighted by atomic mass is 16.3. The Morgan fingerprint density at radius 3 is 2.73 bits per heavy atom. The number of piperidine rings is 1. The molecule has 1 spiro atoms. The number of amides is 1. The van der Waals surface area contributed by atoms with Gasteiger partial charge in [0, 0.05) is 48.9 Å². The lowest BCUT2D eigenvalue weighted by Crippen LogP contribution is -2.58. The van der Waals surface area contributed by atoms with Crippen molar-refractivity contribution in [2.24, 2.45) is 5.41 Å². The van der Waals surface area contributed by atoms with Gasteiger partial charge in [-0.2, -0.15) is 0 Å². The van der Waals surface area contributed by atoms with E-state index in [1.807, 2.05) is 24.3 Å². The minimum absolute atomic E-state index is 0.240. The third-order valence-electron chi connectivity index (χ3n) is 6.70. The number of carbonyl (C=O) groups is 1. The van der Waals surface area contributed by atoms with E-state index in [0.29, 0.717) is 22.6 Å². The first-order valence-corrected chi connectivity index (χ1v) is 11.1. The second-order valence-corrected chi connectivity index (χ2v) is 8.82. The molecule has 1 aromatic carbocycles. The molecular formula is C24H23N7O2. The molecule has 3 aromatic heterocycles. The number of carbonyl (C=O) groups excluding carboxylic acids is 1. The predicted molar refractivity (Wildman–Crippen MR) is 124 cm³/mol. The second kappa shape index (κ2) is 7.93. The van der Waals surface area contributed by atoms with E-state index < -0.39 is 0 Å². The van der Waals surface area contributed by atoms with Crippen molar-refractivity contribution in [2.45, 2.75) is 12.8 Å². The Bertz CT molecular complexity index is 1310. The van der Waals surface area contributed by atoms with Crippen molar-refractivity contribution < 1.29 is 9.21 Å². The van der Waals surface area contributed by atoms with Crippen LogP contribution < -0.4 is 15.5 Å². The Kier molecular flexibility index (Phi) is 4.76. The van der Waals surface area contributed by atoms with Gasteiger partial charge in [0.1, 0.15) is 5.82 Å². The van der Waals surface area contributed by atoms with Crippen molar-refractivity contribution in [2.75, 3.05) is 36.4 Å². The number of rotatable bonds is 4. The number of pyridine rings is 1. The van der Waals surface area contributed by atoms with Crippen LogP contribution in [0.2, 0.25) is 0 Å². The Hall–Kier alpha value is -3.85. The van der Waals surface area contributed by atoms with Gasteiger partial charge < -0.3 is 20.0 Å². The standard InChI is InChI=1S/C24H23N7O2/c32-23(17-3-6-27-22(11-17)31-7-4-24(5-8-31)13-26-14-24)28-21-10-18-9-16(20-12-25-15-33-20)1-2-19(18)29-30-21/h1-3,6,9-12,15,26H,4-5,7-8,13-14H2,(H,28,30,32). The molecule has 2 fully saturated rings. The Balaban J connectivity index is 1.19. The Morgan fingerprint density at radius 2 is 1.97 bits per heavy atom. The van der Waals surface area contributed by atoms with Crippen molar-refractivity contribution in [3.8, 4) is 11.3 Å². The molecule has 0 unspecified atom stereocenters. The molecule has 2 saturated heterocycles. The van der Waals surface area contributed by atoms with Crippen LogP contribution in [0.25, 0.3) is 22.2 Å². The molecule has 0 bridgehead atoms. The first-order valence-electron chi connectivity index (χ1n) is 11.1. The smallest absolute Gasteiger partial charge is 0.257 e. The van der Waals surface area contributed by atoms with Gasteiger partial charge in [0.25, 0.3) is 5.91 Å². The summed E-state index contributed by atoms with van der Waals surface area (Å²) in [5, 5.41) is 15.5. The summed E-state index contributed by atoms with van der Waals surface area (Å²) in [7, 11) is 0. The van der Waals surface area contributed by atoms with E-state index in [-0.39, 0.29) is 5.91 Å². The van der Waals surface area contributed by atoms with E-state index in [0.717, 1.165) is 61.3 Å². The van der Waals surface area contributed by atoms with Crippen molar-refractivity contribution in [1.82, 2.24) is 25.5 Å². The molecule has 33 heavy (non-hydrogen) atoms. The van der Waals surface area contributed by atoms with E-state index in [1.165, 1.54) is 6.39 Å². The molecule has 9 heteroatoms. The normalized spacial score (nSPS) is 17.2. The zero-order valence-corrected chi connectivity index (χ0v) is 18.0. The molecule has 2 N–H and O–H groups in total. The molecule has 5 heterocycles. The van der Waals surface area contributed by atoms with E-state index in [9.17, 15) is 4.79 Å². The summed E-state index contributed by atoms with van der Waals surface area (Å²) in [5.74, 6) is 1.65. The largest absolute Gasteiger partial charge is 0.444 e. The van der Waals surface area contributed by atoms with Gasteiger partial charge in [-0.05, 0) is 54.7 Å². The van der Waals surface area contributed by atoms with Crippen LogP contribution in [0.15, 0.2) is 59.6 Å². The molecule has 2 aliphatic heterocycles. The van der Waals surface area contributed by atoms with Gasteiger partial charge in [-0.25, -0.2) is 9.97 Å². The third-order valence-corrected chi connectivity index (χ3v) is 6.70. The number of oxazole rings is 1. The minimum atomic E-state index is -0.240. The fraction of sp³-hybridized carbons (Fsp3) is 0.292. The summed E-state index contributed by atoms with van der Waals surface area (Å²) in [6, 6.07) is 11.1. The maximum absolute atomic E-state index is 12.9. The van der Waals surface area contributed by atoms with Crippen LogP contribution in [0, 0.1) is 5.41 Å². The van der Waals surface area contributed by atoms with E-state index >= 15 is 0 Å². The fourth-order valence-electron chi connectivity index (χ4n) is 4.58. The van der Waals surface area contributed by atoms with Crippen LogP contribution in [-0.4, -0.2) is 52.3 Å². The summed E-state index contributed by atoms with van der Waals surface area (Å²) in [5.41, 5.74) is 2.62. The van der Waals surface area contributed by atoms with E-state index in [4.69, 9.17) is 4.42 Å². The number of aromatic nitrogens is 4. The Labute approximate surface area is 190 Å². The van der Waals surface area contributed by atoms with Gasteiger partial charge in [-0.15, -0.1) is 10.2 Å². The molecule has 9 nitrogen and oxygen atoms in total. The topological polar surface area (TPSA) is 109 Å². The van der Waals surface area contributed by atoms with Gasteiger partial charge in [0.15, 0.2) is 18.0 Å². The van der Waals surface area contributed by atoms with Gasteiger partial charge >= 0.3 is 0 Å². The van der Waals surface area contributed by atoms with Gasteiger partial charge in [-0.1, -0.05) is 0 Å². The lowest BCUT2D eigenvalue weighted by molar-refractivity contribution is 0.102. The maximum Gasteiger partial charge on any atom is 0.257 e. The lowest BCUT2D eigenvalue weighted by atomic mass is 9.73. The highest BCUT2D eigenvalue weighted by Crippen LogP contribution is 2.36. The molecule has 2 aliphatic rings. The summed E-state index contributed by atoms with van der Waals surface area (Å²) < 4.78 is 5.37. The molecule has 4 aromatic rings. The molecule has 0 saturated carbocycles. The molecule has 6 rings (SSSR count). The summed E-state index contributed by atoms with van der Waals surface area (Å²) in [6.45, 7) is 4.15. The first-order chi connectivity index (χ1) is 16.2. The van der Waals surface area contributed by atoms with Crippen molar-refractivity contribution in [3.63, 3.8) is 0 Å². The van der Waals surface area contributed by atoms with Crippen LogP contribution in [0.3, 0.4) is 0 Å². The number of hydrogen-bond acceptors (Lipinski definition) is 8. The van der Waals surface area contributed by atoms with Crippen LogP contribution in [0.5, 0.6) is 0 Å². The Morgan fingerprint density at radius 1 is 1.09 bits per heavy atom. The number of anilines is 2. The number of hydrogen-bond donors (Lipinski definition) is 2. The van der Waals surface area contributed by atoms with Gasteiger partial charge in [-0.3, -0.25) is 4.79 Å². The predicted octanol–water partition coefficient (Wildman–Crippen LogP) is 3.12. The summed E-state index contributed by atoms with van der Waals surface area (Å²) in [6.07, 6.45) is 7.05. The monoisotopic (exact) mass is 441 g/mol. The minimum Gasteiger partial charge on any atom is -0.444 e.